The minimum Gasteiger partial charge on any atom is -0.461 e. The van der Waals surface area contributed by atoms with Gasteiger partial charge in [-0.15, -0.1) is 0 Å². The van der Waals surface area contributed by atoms with Gasteiger partial charge in [-0.2, -0.15) is 0 Å². The summed E-state index contributed by atoms with van der Waals surface area (Å²) in [6.07, 6.45) is 0.898. The van der Waals surface area contributed by atoms with Gasteiger partial charge in [0.1, 0.15) is 11.3 Å². The lowest BCUT2D eigenvalue weighted by molar-refractivity contribution is 0.539. The third-order valence-electron chi connectivity index (χ3n) is 3.74. The van der Waals surface area contributed by atoms with E-state index < -0.39 is 0 Å². The Labute approximate surface area is 119 Å². The van der Waals surface area contributed by atoms with Gasteiger partial charge < -0.3 is 9.73 Å². The van der Waals surface area contributed by atoms with Crippen LogP contribution in [0.5, 0.6) is 0 Å². The van der Waals surface area contributed by atoms with Gasteiger partial charge in [-0.1, -0.05) is 55.5 Å². The topological polar surface area (TPSA) is 25.2 Å². The molecule has 0 saturated carbocycles. The van der Waals surface area contributed by atoms with Gasteiger partial charge in [0.15, 0.2) is 0 Å². The molecule has 0 spiro atoms. The second-order valence-corrected chi connectivity index (χ2v) is 4.92. The van der Waals surface area contributed by atoms with Crippen LogP contribution in [0.4, 0.5) is 0 Å². The molecule has 1 unspecified atom stereocenters. The summed E-state index contributed by atoms with van der Waals surface area (Å²) >= 11 is 0. The summed E-state index contributed by atoms with van der Waals surface area (Å²) in [5, 5.41) is 4.63. The molecule has 0 saturated heterocycles. The summed E-state index contributed by atoms with van der Waals surface area (Å²) in [6, 6.07) is 18.9. The predicted octanol–water partition coefficient (Wildman–Crippen LogP) is 4.30. The molecule has 2 aromatic carbocycles. The van der Waals surface area contributed by atoms with Gasteiger partial charge in [-0.3, -0.25) is 0 Å². The smallest absolute Gasteiger partial charge is 0.134 e. The van der Waals surface area contributed by atoms with Crippen LogP contribution >= 0.6 is 0 Å². The van der Waals surface area contributed by atoms with E-state index in [1.165, 1.54) is 16.5 Å². The van der Waals surface area contributed by atoms with Crippen LogP contribution in [0.15, 0.2) is 59.0 Å². The van der Waals surface area contributed by atoms with Gasteiger partial charge in [0.25, 0.3) is 0 Å². The van der Waals surface area contributed by atoms with Gasteiger partial charge >= 0.3 is 0 Å². The molecule has 0 fully saturated rings. The maximum absolute atomic E-state index is 6.01. The summed E-state index contributed by atoms with van der Waals surface area (Å²) in [5.41, 5.74) is 3.49. The Kier molecular flexibility index (Phi) is 3.57. The SMILES string of the molecule is CCc1oc2ccccc2c1C(NC)c1ccccc1. The fourth-order valence-corrected chi connectivity index (χ4v) is 2.82. The van der Waals surface area contributed by atoms with Crippen LogP contribution in [0, 0.1) is 0 Å². The second-order valence-electron chi connectivity index (χ2n) is 4.92. The quantitative estimate of drug-likeness (QED) is 0.760. The van der Waals surface area contributed by atoms with Crippen molar-refractivity contribution in [2.24, 2.45) is 0 Å². The summed E-state index contributed by atoms with van der Waals surface area (Å²) in [5.74, 6) is 1.06. The first-order valence-corrected chi connectivity index (χ1v) is 7.07. The van der Waals surface area contributed by atoms with E-state index in [1.807, 2.05) is 25.2 Å². The number of nitrogens with one attached hydrogen (secondary N) is 1. The molecule has 2 nitrogen and oxygen atoms in total. The first-order chi connectivity index (χ1) is 9.85. The molecule has 3 aromatic rings. The zero-order chi connectivity index (χ0) is 13.9. The van der Waals surface area contributed by atoms with Crippen molar-refractivity contribution in [2.75, 3.05) is 7.05 Å². The van der Waals surface area contributed by atoms with Crippen LogP contribution in [-0.4, -0.2) is 7.05 Å². The number of furan rings is 1. The van der Waals surface area contributed by atoms with E-state index in [4.69, 9.17) is 4.42 Å². The highest BCUT2D eigenvalue weighted by atomic mass is 16.3. The average Bonchev–Trinajstić information content (AvgIpc) is 2.88. The van der Waals surface area contributed by atoms with Crippen molar-refractivity contribution in [3.05, 3.63) is 71.5 Å². The molecule has 1 heterocycles. The lowest BCUT2D eigenvalue weighted by Gasteiger charge is -2.17. The van der Waals surface area contributed by atoms with Crippen LogP contribution in [0.1, 0.15) is 29.9 Å². The zero-order valence-electron chi connectivity index (χ0n) is 11.9. The molecule has 0 amide bonds. The Morgan fingerprint density at radius 1 is 1.00 bits per heavy atom. The number of hydrogen-bond donors (Lipinski definition) is 1. The fourth-order valence-electron chi connectivity index (χ4n) is 2.82. The van der Waals surface area contributed by atoms with E-state index in [1.54, 1.807) is 0 Å². The van der Waals surface area contributed by atoms with E-state index in [0.717, 1.165) is 17.8 Å². The molecule has 0 aliphatic rings. The molecule has 2 heteroatoms. The Morgan fingerprint density at radius 3 is 2.40 bits per heavy atom. The fraction of sp³-hybridized carbons (Fsp3) is 0.222. The van der Waals surface area contributed by atoms with Gasteiger partial charge in [-0.05, 0) is 18.7 Å². The maximum Gasteiger partial charge on any atom is 0.134 e. The maximum atomic E-state index is 6.01. The van der Waals surface area contributed by atoms with E-state index in [2.05, 4.69) is 48.6 Å². The molecule has 102 valence electrons. The van der Waals surface area contributed by atoms with E-state index in [-0.39, 0.29) is 6.04 Å². The Hall–Kier alpha value is -2.06. The summed E-state index contributed by atoms with van der Waals surface area (Å²) < 4.78 is 6.01. The first kappa shape index (κ1) is 12.9. The minimum atomic E-state index is 0.162. The highest BCUT2D eigenvalue weighted by Crippen LogP contribution is 2.34. The highest BCUT2D eigenvalue weighted by molar-refractivity contribution is 5.83. The lowest BCUT2D eigenvalue weighted by atomic mass is 9.95. The van der Waals surface area contributed by atoms with E-state index >= 15 is 0 Å². The van der Waals surface area contributed by atoms with Gasteiger partial charge in [0.05, 0.1) is 6.04 Å². The third kappa shape index (κ3) is 2.12. The Bertz CT molecular complexity index is 700. The van der Waals surface area contributed by atoms with Crippen molar-refractivity contribution in [1.82, 2.24) is 5.32 Å². The van der Waals surface area contributed by atoms with Crippen LogP contribution in [-0.2, 0) is 6.42 Å². The molecule has 0 radical (unpaired) electrons. The average molecular weight is 265 g/mol. The number of aryl methyl sites for hydroxylation is 1. The molecule has 1 N–H and O–H groups in total. The molecule has 0 aliphatic heterocycles. The summed E-state index contributed by atoms with van der Waals surface area (Å²) in [4.78, 5) is 0. The van der Waals surface area contributed by atoms with Crippen molar-refractivity contribution in [3.8, 4) is 0 Å². The Morgan fingerprint density at radius 2 is 1.70 bits per heavy atom. The normalized spacial score (nSPS) is 12.7. The standard InChI is InChI=1S/C18H19NO/c1-3-15-17(14-11-7-8-12-16(14)20-15)18(19-2)13-9-5-4-6-10-13/h4-12,18-19H,3H2,1-2H3. The largest absolute Gasteiger partial charge is 0.461 e. The van der Waals surface area contributed by atoms with Crippen molar-refractivity contribution >= 4 is 11.0 Å². The molecule has 1 atom stereocenters. The van der Waals surface area contributed by atoms with Gasteiger partial charge in [0.2, 0.25) is 0 Å². The van der Waals surface area contributed by atoms with Gasteiger partial charge in [-0.25, -0.2) is 0 Å². The Balaban J connectivity index is 2.21. The summed E-state index contributed by atoms with van der Waals surface area (Å²) in [7, 11) is 2.00. The molecule has 1 aromatic heterocycles. The predicted molar refractivity (Wildman–Crippen MR) is 82.9 cm³/mol. The molecule has 0 bridgehead atoms. The van der Waals surface area contributed by atoms with Crippen molar-refractivity contribution in [3.63, 3.8) is 0 Å². The van der Waals surface area contributed by atoms with Crippen LogP contribution < -0.4 is 5.32 Å². The molecular formula is C18H19NO. The zero-order valence-corrected chi connectivity index (χ0v) is 11.9. The van der Waals surface area contributed by atoms with E-state index in [9.17, 15) is 0 Å². The molecular weight excluding hydrogens is 246 g/mol. The second kappa shape index (κ2) is 5.51. The summed E-state index contributed by atoms with van der Waals surface area (Å²) in [6.45, 7) is 2.14. The van der Waals surface area contributed by atoms with Crippen molar-refractivity contribution in [1.29, 1.82) is 0 Å². The van der Waals surface area contributed by atoms with Crippen molar-refractivity contribution in [2.45, 2.75) is 19.4 Å². The first-order valence-electron chi connectivity index (χ1n) is 7.07. The van der Waals surface area contributed by atoms with Crippen LogP contribution in [0.2, 0.25) is 0 Å². The van der Waals surface area contributed by atoms with Crippen molar-refractivity contribution < 1.29 is 4.42 Å². The molecule has 0 aliphatic carbocycles. The van der Waals surface area contributed by atoms with Crippen LogP contribution in [0.25, 0.3) is 11.0 Å². The monoisotopic (exact) mass is 265 g/mol. The van der Waals surface area contributed by atoms with Crippen LogP contribution in [0.3, 0.4) is 0 Å². The highest BCUT2D eigenvalue weighted by Gasteiger charge is 2.21. The number of hydrogen-bond acceptors (Lipinski definition) is 2. The number of fused-ring (bicyclic) bond motifs is 1. The molecule has 20 heavy (non-hydrogen) atoms. The minimum absolute atomic E-state index is 0.162. The number of para-hydroxylation sites is 1. The van der Waals surface area contributed by atoms with E-state index in [0.29, 0.717) is 0 Å². The third-order valence-corrected chi connectivity index (χ3v) is 3.74. The molecule has 3 rings (SSSR count). The number of benzene rings is 2. The number of rotatable bonds is 4. The lowest BCUT2D eigenvalue weighted by Crippen LogP contribution is -2.18. The van der Waals surface area contributed by atoms with Gasteiger partial charge in [0, 0.05) is 17.4 Å².